The van der Waals surface area contributed by atoms with Crippen LogP contribution in [0.3, 0.4) is 0 Å². The first-order valence-corrected chi connectivity index (χ1v) is 9.58. The van der Waals surface area contributed by atoms with Gasteiger partial charge in [0, 0.05) is 11.3 Å². The van der Waals surface area contributed by atoms with Gasteiger partial charge in [-0.15, -0.1) is 11.8 Å². The molecule has 140 valence electrons. The Bertz CT molecular complexity index is 906. The Kier molecular flexibility index (Phi) is 5.65. The van der Waals surface area contributed by atoms with Crippen molar-refractivity contribution >= 4 is 34.8 Å². The quantitative estimate of drug-likeness (QED) is 0.679. The number of hydrogen-bond donors (Lipinski definition) is 0. The van der Waals surface area contributed by atoms with Gasteiger partial charge in [0.15, 0.2) is 0 Å². The van der Waals surface area contributed by atoms with Gasteiger partial charge in [-0.1, -0.05) is 32.0 Å². The summed E-state index contributed by atoms with van der Waals surface area (Å²) in [7, 11) is 0. The average molecular weight is 385 g/mol. The van der Waals surface area contributed by atoms with E-state index in [-0.39, 0.29) is 11.2 Å². The highest BCUT2D eigenvalue weighted by Crippen LogP contribution is 2.40. The molecule has 0 atom stereocenters. The summed E-state index contributed by atoms with van der Waals surface area (Å²) in [5, 5.41) is 0.113. The van der Waals surface area contributed by atoms with Gasteiger partial charge in [0.25, 0.3) is 11.8 Å². The van der Waals surface area contributed by atoms with Crippen LogP contribution in [0.15, 0.2) is 53.4 Å². The fourth-order valence-electron chi connectivity index (χ4n) is 2.84. The number of anilines is 1. The number of benzene rings is 2. The van der Waals surface area contributed by atoms with Crippen LogP contribution in [-0.2, 0) is 9.59 Å². The van der Waals surface area contributed by atoms with Gasteiger partial charge in [-0.3, -0.25) is 9.59 Å². The van der Waals surface area contributed by atoms with Gasteiger partial charge in [0.05, 0.1) is 22.8 Å². The van der Waals surface area contributed by atoms with Crippen LogP contribution in [0.2, 0.25) is 0 Å². The predicted molar refractivity (Wildman–Crippen MR) is 106 cm³/mol. The van der Waals surface area contributed by atoms with E-state index in [1.165, 1.54) is 36.0 Å². The molecule has 0 saturated heterocycles. The van der Waals surface area contributed by atoms with E-state index < -0.39 is 11.7 Å². The van der Waals surface area contributed by atoms with E-state index in [9.17, 15) is 14.0 Å². The molecule has 0 aromatic heterocycles. The molecule has 1 aliphatic rings. The number of ether oxygens (including phenoxy) is 1. The standard InChI is InChI=1S/C21H20FNO3S/c1-4-26-17-7-5-6-16(12-17)23-20(24)18(14-8-10-15(22)11-9-14)19(21(23)25)27-13(2)3/h5-13H,4H2,1-3H3. The molecule has 0 aliphatic carbocycles. The minimum atomic E-state index is -0.414. The lowest BCUT2D eigenvalue weighted by Gasteiger charge is -2.16. The Hall–Kier alpha value is -2.60. The van der Waals surface area contributed by atoms with Gasteiger partial charge in [-0.25, -0.2) is 9.29 Å². The second-order valence-corrected chi connectivity index (χ2v) is 7.84. The van der Waals surface area contributed by atoms with E-state index in [1.54, 1.807) is 24.3 Å². The van der Waals surface area contributed by atoms with E-state index in [1.807, 2.05) is 20.8 Å². The van der Waals surface area contributed by atoms with E-state index in [0.29, 0.717) is 34.1 Å². The van der Waals surface area contributed by atoms with Gasteiger partial charge >= 0.3 is 0 Å². The predicted octanol–water partition coefficient (Wildman–Crippen LogP) is 4.65. The van der Waals surface area contributed by atoms with Crippen LogP contribution in [0.25, 0.3) is 5.57 Å². The molecule has 1 aliphatic heterocycles. The molecule has 6 heteroatoms. The van der Waals surface area contributed by atoms with Gasteiger partial charge in [0.1, 0.15) is 11.6 Å². The zero-order valence-corrected chi connectivity index (χ0v) is 16.2. The Labute approximate surface area is 162 Å². The Morgan fingerprint density at radius 2 is 1.78 bits per heavy atom. The molecule has 0 spiro atoms. The van der Waals surface area contributed by atoms with Crippen LogP contribution in [0.4, 0.5) is 10.1 Å². The average Bonchev–Trinajstić information content (AvgIpc) is 2.86. The fraction of sp³-hybridized carbons (Fsp3) is 0.238. The lowest BCUT2D eigenvalue weighted by molar-refractivity contribution is -0.119. The van der Waals surface area contributed by atoms with Crippen molar-refractivity contribution in [1.82, 2.24) is 0 Å². The lowest BCUT2D eigenvalue weighted by Crippen LogP contribution is -2.31. The molecule has 0 fully saturated rings. The highest BCUT2D eigenvalue weighted by molar-refractivity contribution is 8.04. The highest BCUT2D eigenvalue weighted by atomic mass is 32.2. The number of nitrogens with zero attached hydrogens (tertiary/aromatic N) is 1. The molecule has 0 radical (unpaired) electrons. The zero-order valence-electron chi connectivity index (χ0n) is 15.4. The van der Waals surface area contributed by atoms with Crippen molar-refractivity contribution in [3.05, 3.63) is 64.8 Å². The molecule has 4 nitrogen and oxygen atoms in total. The fourth-order valence-corrected chi connectivity index (χ4v) is 3.83. The van der Waals surface area contributed by atoms with Gasteiger partial charge in [-0.2, -0.15) is 0 Å². The molecule has 2 aromatic carbocycles. The first-order valence-electron chi connectivity index (χ1n) is 8.71. The topological polar surface area (TPSA) is 46.6 Å². The molecule has 0 saturated carbocycles. The summed E-state index contributed by atoms with van der Waals surface area (Å²) in [6, 6.07) is 12.5. The first-order chi connectivity index (χ1) is 12.9. The Balaban J connectivity index is 2.06. The molecule has 0 unspecified atom stereocenters. The molecule has 2 aromatic rings. The van der Waals surface area contributed by atoms with Crippen molar-refractivity contribution < 1.29 is 18.7 Å². The molecular weight excluding hydrogens is 365 g/mol. The highest BCUT2D eigenvalue weighted by Gasteiger charge is 2.40. The zero-order chi connectivity index (χ0) is 19.6. The van der Waals surface area contributed by atoms with E-state index in [0.717, 1.165) is 4.90 Å². The van der Waals surface area contributed by atoms with Gasteiger partial charge in [-0.05, 0) is 36.8 Å². The Morgan fingerprint density at radius 1 is 1.07 bits per heavy atom. The maximum atomic E-state index is 13.3. The minimum Gasteiger partial charge on any atom is -0.494 e. The maximum absolute atomic E-state index is 13.3. The second kappa shape index (κ2) is 7.96. The third kappa shape index (κ3) is 3.90. The number of thioether (sulfide) groups is 1. The maximum Gasteiger partial charge on any atom is 0.272 e. The van der Waals surface area contributed by atoms with Crippen LogP contribution in [0, 0.1) is 5.82 Å². The van der Waals surface area contributed by atoms with E-state index >= 15 is 0 Å². The summed E-state index contributed by atoms with van der Waals surface area (Å²) < 4.78 is 18.8. The molecule has 0 bridgehead atoms. The molecule has 2 amide bonds. The molecule has 3 rings (SSSR count). The first kappa shape index (κ1) is 19.2. The number of amides is 2. The van der Waals surface area contributed by atoms with Crippen molar-refractivity contribution in [1.29, 1.82) is 0 Å². The third-order valence-corrected chi connectivity index (χ3v) is 5.00. The lowest BCUT2D eigenvalue weighted by atomic mass is 10.1. The number of carbonyl (C=O) groups excluding carboxylic acids is 2. The number of halogens is 1. The number of carbonyl (C=O) groups is 2. The number of hydrogen-bond acceptors (Lipinski definition) is 4. The molecular formula is C21H20FNO3S. The summed E-state index contributed by atoms with van der Waals surface area (Å²) in [4.78, 5) is 27.8. The van der Waals surface area contributed by atoms with Crippen molar-refractivity contribution in [2.24, 2.45) is 0 Å². The minimum absolute atomic E-state index is 0.113. The van der Waals surface area contributed by atoms with Crippen molar-refractivity contribution in [3.8, 4) is 5.75 Å². The van der Waals surface area contributed by atoms with Crippen LogP contribution < -0.4 is 9.64 Å². The van der Waals surface area contributed by atoms with E-state index in [2.05, 4.69) is 0 Å². The van der Waals surface area contributed by atoms with Crippen LogP contribution in [-0.4, -0.2) is 23.7 Å². The SMILES string of the molecule is CCOc1cccc(N2C(=O)C(SC(C)C)=C(c3ccc(F)cc3)C2=O)c1. The summed E-state index contributed by atoms with van der Waals surface area (Å²) in [5.41, 5.74) is 1.29. The monoisotopic (exact) mass is 385 g/mol. The third-order valence-electron chi connectivity index (χ3n) is 3.91. The molecule has 0 N–H and O–H groups in total. The Morgan fingerprint density at radius 3 is 2.41 bits per heavy atom. The van der Waals surface area contributed by atoms with Crippen LogP contribution in [0.5, 0.6) is 5.75 Å². The smallest absolute Gasteiger partial charge is 0.272 e. The van der Waals surface area contributed by atoms with Crippen LogP contribution in [0.1, 0.15) is 26.3 Å². The van der Waals surface area contributed by atoms with Crippen molar-refractivity contribution in [2.75, 3.05) is 11.5 Å². The summed E-state index contributed by atoms with van der Waals surface area (Å²) in [6.07, 6.45) is 0. The number of rotatable bonds is 6. The van der Waals surface area contributed by atoms with Gasteiger partial charge < -0.3 is 4.74 Å². The largest absolute Gasteiger partial charge is 0.494 e. The van der Waals surface area contributed by atoms with Crippen molar-refractivity contribution in [2.45, 2.75) is 26.0 Å². The van der Waals surface area contributed by atoms with Crippen molar-refractivity contribution in [3.63, 3.8) is 0 Å². The summed E-state index contributed by atoms with van der Waals surface area (Å²) in [6.45, 7) is 6.26. The van der Waals surface area contributed by atoms with Gasteiger partial charge in [0.2, 0.25) is 0 Å². The summed E-state index contributed by atoms with van der Waals surface area (Å²) in [5.74, 6) is -0.588. The molecule has 1 heterocycles. The summed E-state index contributed by atoms with van der Waals surface area (Å²) >= 11 is 1.34. The normalized spacial score (nSPS) is 14.5. The molecule has 27 heavy (non-hydrogen) atoms. The second-order valence-electron chi connectivity index (χ2n) is 6.25. The van der Waals surface area contributed by atoms with E-state index in [4.69, 9.17) is 4.74 Å². The van der Waals surface area contributed by atoms with Crippen LogP contribution >= 0.6 is 11.8 Å². The number of imide groups is 1.